The maximum atomic E-state index is 15.4. The molecule has 0 spiro atoms. The molecule has 1 aromatic heterocycles. The third-order valence-electron chi connectivity index (χ3n) is 6.25. The number of hydrogen-bond acceptors (Lipinski definition) is 5. The first-order valence-corrected chi connectivity index (χ1v) is 13.5. The van der Waals surface area contributed by atoms with Crippen LogP contribution in [0.2, 0.25) is 0 Å². The fraction of sp³-hybridized carbons (Fsp3) is 0.520. The van der Waals surface area contributed by atoms with Crippen LogP contribution in [0.4, 0.5) is 19.3 Å². The minimum Gasteiger partial charge on any atom is -0.444 e. The average molecular weight is 541 g/mol. The number of rotatable bonds is 6. The van der Waals surface area contributed by atoms with Gasteiger partial charge in [-0.1, -0.05) is 13.3 Å². The van der Waals surface area contributed by atoms with Gasteiger partial charge in [0, 0.05) is 38.1 Å². The zero-order valence-electron chi connectivity index (χ0n) is 21.9. The zero-order valence-corrected chi connectivity index (χ0v) is 22.7. The molecular formula is C25H34F2N4O5S. The quantitative estimate of drug-likeness (QED) is 0.571. The fourth-order valence-corrected chi connectivity index (χ4v) is 5.73. The molecule has 204 valence electrons. The summed E-state index contributed by atoms with van der Waals surface area (Å²) in [5.41, 5.74) is -0.670. The topological polar surface area (TPSA) is 110 Å². The molecule has 0 aliphatic carbocycles. The second-order valence-corrected chi connectivity index (χ2v) is 12.0. The van der Waals surface area contributed by atoms with Crippen molar-refractivity contribution in [1.29, 1.82) is 0 Å². The number of piperidine rings is 1. The lowest BCUT2D eigenvalue weighted by molar-refractivity contribution is 0.0149. The maximum Gasteiger partial charge on any atom is 0.410 e. The summed E-state index contributed by atoms with van der Waals surface area (Å²) >= 11 is 0. The Morgan fingerprint density at radius 2 is 1.89 bits per heavy atom. The van der Waals surface area contributed by atoms with Crippen LogP contribution in [0.1, 0.15) is 56.6 Å². The summed E-state index contributed by atoms with van der Waals surface area (Å²) in [7, 11) is -3.04. The number of amides is 2. The molecule has 9 nitrogen and oxygen atoms in total. The van der Waals surface area contributed by atoms with Gasteiger partial charge < -0.3 is 19.5 Å². The Morgan fingerprint density at radius 3 is 2.49 bits per heavy atom. The highest BCUT2D eigenvalue weighted by Gasteiger charge is 2.37. The zero-order chi connectivity index (χ0) is 27.7. The van der Waals surface area contributed by atoms with Gasteiger partial charge in [-0.15, -0.1) is 0 Å². The number of carbonyl (C=O) groups is 2. The number of aryl methyl sites for hydroxylation is 2. The van der Waals surface area contributed by atoms with Crippen LogP contribution in [0.25, 0.3) is 0 Å². The third kappa shape index (κ3) is 6.67. The minimum absolute atomic E-state index is 0.0678. The van der Waals surface area contributed by atoms with Crippen LogP contribution in [0.5, 0.6) is 0 Å². The van der Waals surface area contributed by atoms with Gasteiger partial charge in [-0.25, -0.2) is 26.7 Å². The lowest BCUT2D eigenvalue weighted by Gasteiger charge is -2.38. The van der Waals surface area contributed by atoms with Crippen molar-refractivity contribution in [3.8, 4) is 0 Å². The first-order chi connectivity index (χ1) is 17.1. The summed E-state index contributed by atoms with van der Waals surface area (Å²) in [6.45, 7) is 9.14. The van der Waals surface area contributed by atoms with E-state index < -0.39 is 55.9 Å². The molecular weight excluding hydrogens is 506 g/mol. The normalized spacial score (nSPS) is 18.5. The van der Waals surface area contributed by atoms with Crippen molar-refractivity contribution < 1.29 is 31.5 Å². The SMILES string of the molecule is CCC1CCN(C(=O)OC(C)(C)C)CC1NS(=O)(=O)c1cn(C)c(C(=O)Nc2ccc(F)c(C)c2)c1F. The van der Waals surface area contributed by atoms with E-state index in [0.29, 0.717) is 19.4 Å². The summed E-state index contributed by atoms with van der Waals surface area (Å²) in [6, 6.07) is 3.21. The molecule has 12 heteroatoms. The van der Waals surface area contributed by atoms with Gasteiger partial charge in [-0.3, -0.25) is 4.79 Å². The van der Waals surface area contributed by atoms with E-state index in [1.807, 2.05) is 6.92 Å². The second-order valence-electron chi connectivity index (χ2n) is 10.3. The van der Waals surface area contributed by atoms with Crippen LogP contribution in [-0.4, -0.2) is 54.6 Å². The van der Waals surface area contributed by atoms with E-state index in [4.69, 9.17) is 4.74 Å². The number of benzene rings is 1. The van der Waals surface area contributed by atoms with Crippen LogP contribution >= 0.6 is 0 Å². The molecule has 2 aromatic rings. The molecule has 2 N–H and O–H groups in total. The highest BCUT2D eigenvalue weighted by molar-refractivity contribution is 7.89. The van der Waals surface area contributed by atoms with E-state index in [1.54, 1.807) is 20.8 Å². The van der Waals surface area contributed by atoms with Crippen molar-refractivity contribution in [2.24, 2.45) is 13.0 Å². The Labute approximate surface area is 216 Å². The molecule has 2 heterocycles. The number of carbonyl (C=O) groups excluding carboxylic acids is 2. The van der Waals surface area contributed by atoms with Crippen molar-refractivity contribution in [3.05, 3.63) is 47.3 Å². The summed E-state index contributed by atoms with van der Waals surface area (Å²) in [6.07, 6.45) is 1.67. The van der Waals surface area contributed by atoms with Crippen molar-refractivity contribution in [2.45, 2.75) is 64.0 Å². The van der Waals surface area contributed by atoms with Gasteiger partial charge in [0.1, 0.15) is 22.0 Å². The summed E-state index contributed by atoms with van der Waals surface area (Å²) < 4.78 is 64.4. The number of anilines is 1. The standard InChI is InChI=1S/C25H34F2N4O5S/c1-7-16-10-11-31(24(33)36-25(3,4)5)13-19(16)29-37(34,35)20-14-30(6)22(21(20)27)23(32)28-17-8-9-18(26)15(2)12-17/h8-9,12,14,16,19,29H,7,10-11,13H2,1-6H3,(H,28,32). The Morgan fingerprint density at radius 1 is 1.22 bits per heavy atom. The van der Waals surface area contributed by atoms with Crippen LogP contribution in [0.3, 0.4) is 0 Å². The van der Waals surface area contributed by atoms with Crippen LogP contribution in [-0.2, 0) is 21.8 Å². The van der Waals surface area contributed by atoms with Crippen molar-refractivity contribution in [2.75, 3.05) is 18.4 Å². The Hall–Kier alpha value is -2.99. The number of sulfonamides is 1. The van der Waals surface area contributed by atoms with Gasteiger partial charge in [-0.2, -0.15) is 0 Å². The molecule has 3 rings (SSSR count). The smallest absolute Gasteiger partial charge is 0.410 e. The van der Waals surface area contributed by atoms with Gasteiger partial charge in [0.05, 0.1) is 0 Å². The van der Waals surface area contributed by atoms with E-state index in [2.05, 4.69) is 10.0 Å². The van der Waals surface area contributed by atoms with E-state index in [0.717, 1.165) is 10.8 Å². The van der Waals surface area contributed by atoms with E-state index >= 15 is 4.39 Å². The number of hydrogen-bond donors (Lipinski definition) is 2. The molecule has 2 amide bonds. The molecule has 37 heavy (non-hydrogen) atoms. The maximum absolute atomic E-state index is 15.4. The number of aromatic nitrogens is 1. The Kier molecular flexibility index (Phi) is 8.33. The fourth-order valence-electron chi connectivity index (χ4n) is 4.31. The molecule has 1 fully saturated rings. The van der Waals surface area contributed by atoms with Gasteiger partial charge in [0.15, 0.2) is 5.82 Å². The molecule has 0 radical (unpaired) electrons. The Balaban J connectivity index is 1.82. The Bertz CT molecular complexity index is 1290. The lowest BCUT2D eigenvalue weighted by atomic mass is 9.90. The molecule has 0 bridgehead atoms. The van der Waals surface area contributed by atoms with Crippen molar-refractivity contribution >= 4 is 27.7 Å². The molecule has 2 unspecified atom stereocenters. The molecule has 1 aliphatic rings. The molecule has 1 aliphatic heterocycles. The van der Waals surface area contributed by atoms with E-state index in [1.165, 1.54) is 37.1 Å². The van der Waals surface area contributed by atoms with E-state index in [-0.39, 0.29) is 23.7 Å². The van der Waals surface area contributed by atoms with Crippen molar-refractivity contribution in [1.82, 2.24) is 14.2 Å². The number of ether oxygens (including phenoxy) is 1. The van der Waals surface area contributed by atoms with Crippen LogP contribution < -0.4 is 10.0 Å². The number of halogens is 2. The highest BCUT2D eigenvalue weighted by atomic mass is 32.2. The van der Waals surface area contributed by atoms with Gasteiger partial charge >= 0.3 is 6.09 Å². The molecule has 2 atom stereocenters. The summed E-state index contributed by atoms with van der Waals surface area (Å²) in [5.74, 6) is -2.63. The molecule has 1 saturated heterocycles. The predicted octanol–water partition coefficient (Wildman–Crippen LogP) is 4.18. The van der Waals surface area contributed by atoms with E-state index in [9.17, 15) is 22.4 Å². The van der Waals surface area contributed by atoms with Gasteiger partial charge in [0.25, 0.3) is 5.91 Å². The lowest BCUT2D eigenvalue weighted by Crippen LogP contribution is -2.54. The van der Waals surface area contributed by atoms with Gasteiger partial charge in [0.2, 0.25) is 10.0 Å². The van der Waals surface area contributed by atoms with Crippen molar-refractivity contribution in [3.63, 3.8) is 0 Å². The minimum atomic E-state index is -4.39. The molecule has 1 aromatic carbocycles. The number of nitrogens with zero attached hydrogens (tertiary/aromatic N) is 2. The summed E-state index contributed by atoms with van der Waals surface area (Å²) in [5, 5.41) is 2.47. The first-order valence-electron chi connectivity index (χ1n) is 12.1. The first kappa shape index (κ1) is 28.6. The summed E-state index contributed by atoms with van der Waals surface area (Å²) in [4.78, 5) is 26.1. The third-order valence-corrected chi connectivity index (χ3v) is 7.72. The number of likely N-dealkylation sites (tertiary alicyclic amines) is 1. The second kappa shape index (κ2) is 10.8. The predicted molar refractivity (Wildman–Crippen MR) is 135 cm³/mol. The monoisotopic (exact) mass is 540 g/mol. The number of nitrogens with one attached hydrogen (secondary N) is 2. The van der Waals surface area contributed by atoms with Crippen LogP contribution in [0, 0.1) is 24.5 Å². The average Bonchev–Trinajstić information content (AvgIpc) is 3.09. The van der Waals surface area contributed by atoms with Crippen LogP contribution in [0.15, 0.2) is 29.3 Å². The highest BCUT2D eigenvalue weighted by Crippen LogP contribution is 2.27. The largest absolute Gasteiger partial charge is 0.444 e. The van der Waals surface area contributed by atoms with Gasteiger partial charge in [-0.05, 0) is 63.8 Å². The molecule has 0 saturated carbocycles.